The van der Waals surface area contributed by atoms with Gasteiger partial charge in [0.25, 0.3) is 0 Å². The molecule has 0 aliphatic carbocycles. The molecule has 0 aliphatic heterocycles. The Labute approximate surface area is 150 Å². The van der Waals surface area contributed by atoms with E-state index in [-0.39, 0.29) is 5.91 Å². The Bertz CT molecular complexity index is 717. The standard InChI is InChI=1S/C17H26N4O3S/c1-12(2)16(21(5)25(6,23)24)9-15(11-18-4)14-7-8-19-17(10-14)20-13(3)22/h7-11,23-24H,1-6H3,(H,19,20,22)/b15-9+,18-11?. The maximum atomic E-state index is 11.2. The van der Waals surface area contributed by atoms with Crippen molar-refractivity contribution in [2.45, 2.75) is 20.8 Å². The van der Waals surface area contributed by atoms with Crippen LogP contribution >= 0.6 is 10.8 Å². The molecule has 0 bridgehead atoms. The molecule has 25 heavy (non-hydrogen) atoms. The van der Waals surface area contributed by atoms with Crippen molar-refractivity contribution < 1.29 is 13.9 Å². The average molecular weight is 366 g/mol. The minimum Gasteiger partial charge on any atom is -0.311 e. The molecule has 1 rings (SSSR count). The Morgan fingerprint density at radius 1 is 1.36 bits per heavy atom. The van der Waals surface area contributed by atoms with Crippen molar-refractivity contribution in [3.63, 3.8) is 0 Å². The number of hydrogen-bond acceptors (Lipinski definition) is 6. The normalized spacial score (nSPS) is 12.9. The van der Waals surface area contributed by atoms with Gasteiger partial charge in [-0.2, -0.15) is 0 Å². The molecule has 7 nitrogen and oxygen atoms in total. The molecule has 1 aromatic rings. The number of aromatic nitrogens is 1. The monoisotopic (exact) mass is 366 g/mol. The molecule has 1 aromatic heterocycles. The molecule has 1 heterocycles. The lowest BCUT2D eigenvalue weighted by atomic mass is 10.1. The molecule has 0 saturated carbocycles. The number of aliphatic imine (C=N–C) groups is 1. The Balaban J connectivity index is 3.42. The fraction of sp³-hybridized carbons (Fsp3) is 0.353. The summed E-state index contributed by atoms with van der Waals surface area (Å²) in [6.45, 7) is 5.20. The summed E-state index contributed by atoms with van der Waals surface area (Å²) in [5, 5.41) is 2.65. The number of rotatable bonds is 6. The van der Waals surface area contributed by atoms with Crippen LogP contribution in [0.15, 0.2) is 40.7 Å². The van der Waals surface area contributed by atoms with Crippen LogP contribution in [0.1, 0.15) is 26.3 Å². The first-order chi connectivity index (χ1) is 11.6. The summed E-state index contributed by atoms with van der Waals surface area (Å²) in [5.41, 5.74) is 3.14. The quantitative estimate of drug-likeness (QED) is 0.527. The summed E-state index contributed by atoms with van der Waals surface area (Å²) >= 11 is 0. The van der Waals surface area contributed by atoms with Gasteiger partial charge in [0.05, 0.1) is 5.70 Å². The fourth-order valence-corrected chi connectivity index (χ4v) is 2.68. The summed E-state index contributed by atoms with van der Waals surface area (Å²) in [4.78, 5) is 19.4. The minimum absolute atomic E-state index is 0.205. The molecule has 0 aliphatic rings. The first-order valence-corrected chi connectivity index (χ1v) is 9.50. The summed E-state index contributed by atoms with van der Waals surface area (Å²) < 4.78 is 21.4. The van der Waals surface area contributed by atoms with Crippen molar-refractivity contribution in [2.24, 2.45) is 4.99 Å². The van der Waals surface area contributed by atoms with Crippen molar-refractivity contribution in [1.82, 2.24) is 9.29 Å². The highest BCUT2D eigenvalue weighted by Crippen LogP contribution is 2.41. The fourth-order valence-electron chi connectivity index (χ4n) is 2.08. The van der Waals surface area contributed by atoms with E-state index in [2.05, 4.69) is 15.3 Å². The summed E-state index contributed by atoms with van der Waals surface area (Å²) in [6, 6.07) is 3.53. The molecule has 0 spiro atoms. The van der Waals surface area contributed by atoms with E-state index in [1.54, 1.807) is 38.6 Å². The highest BCUT2D eigenvalue weighted by molar-refractivity contribution is 8.21. The molecule has 0 atom stereocenters. The number of pyridine rings is 1. The Morgan fingerprint density at radius 3 is 2.48 bits per heavy atom. The van der Waals surface area contributed by atoms with Gasteiger partial charge in [0, 0.05) is 45.3 Å². The van der Waals surface area contributed by atoms with E-state index >= 15 is 0 Å². The minimum atomic E-state index is -2.90. The lowest BCUT2D eigenvalue weighted by Gasteiger charge is -2.39. The summed E-state index contributed by atoms with van der Waals surface area (Å²) in [6.07, 6.45) is 6.47. The van der Waals surface area contributed by atoms with E-state index in [0.717, 1.165) is 16.7 Å². The summed E-state index contributed by atoms with van der Waals surface area (Å²) in [5.74, 6) is 0.233. The largest absolute Gasteiger partial charge is 0.311 e. The van der Waals surface area contributed by atoms with Crippen LogP contribution < -0.4 is 5.32 Å². The molecular weight excluding hydrogens is 340 g/mol. The van der Waals surface area contributed by atoms with Gasteiger partial charge >= 0.3 is 0 Å². The lowest BCUT2D eigenvalue weighted by Crippen LogP contribution is -2.22. The van der Waals surface area contributed by atoms with E-state index in [9.17, 15) is 13.9 Å². The van der Waals surface area contributed by atoms with Gasteiger partial charge in [0.1, 0.15) is 5.82 Å². The molecule has 0 radical (unpaired) electrons. The van der Waals surface area contributed by atoms with E-state index in [1.165, 1.54) is 17.5 Å². The SMILES string of the molecule is CN=C/C(=C\C(=C(C)C)N(C)S(C)(O)O)c1ccnc(NC(C)=O)c1. The molecule has 3 N–H and O–H groups in total. The predicted molar refractivity (Wildman–Crippen MR) is 106 cm³/mol. The van der Waals surface area contributed by atoms with Gasteiger partial charge in [0.2, 0.25) is 5.91 Å². The predicted octanol–water partition coefficient (Wildman–Crippen LogP) is 3.65. The molecule has 0 unspecified atom stereocenters. The molecule has 1 amide bonds. The zero-order chi connectivity index (χ0) is 19.2. The van der Waals surface area contributed by atoms with Gasteiger partial charge < -0.3 is 5.32 Å². The first kappa shape index (κ1) is 20.9. The number of likely N-dealkylation sites (N-methyl/N-ethyl adjacent to an activating group) is 1. The molecule has 0 fully saturated rings. The van der Waals surface area contributed by atoms with Crippen molar-refractivity contribution in [2.75, 3.05) is 25.7 Å². The Morgan fingerprint density at radius 2 is 2.00 bits per heavy atom. The highest BCUT2D eigenvalue weighted by Gasteiger charge is 2.16. The molecule has 0 aromatic carbocycles. The van der Waals surface area contributed by atoms with Crippen molar-refractivity contribution in [3.8, 4) is 0 Å². The van der Waals surface area contributed by atoms with E-state index in [0.29, 0.717) is 11.5 Å². The highest BCUT2D eigenvalue weighted by atomic mass is 32.3. The average Bonchev–Trinajstić information content (AvgIpc) is 2.49. The number of allylic oxidation sites excluding steroid dienone is 3. The number of carbonyl (C=O) groups is 1. The van der Waals surface area contributed by atoms with E-state index in [1.807, 2.05) is 19.9 Å². The van der Waals surface area contributed by atoms with Crippen LogP contribution in [0.4, 0.5) is 5.82 Å². The third kappa shape index (κ3) is 6.33. The van der Waals surface area contributed by atoms with Gasteiger partial charge in [-0.15, -0.1) is 10.8 Å². The van der Waals surface area contributed by atoms with Crippen LogP contribution in [0.25, 0.3) is 5.57 Å². The van der Waals surface area contributed by atoms with Gasteiger partial charge in [-0.3, -0.25) is 23.2 Å². The Hall–Kier alpha value is -2.16. The zero-order valence-electron chi connectivity index (χ0n) is 15.4. The third-order valence-corrected chi connectivity index (χ3v) is 4.56. The maximum absolute atomic E-state index is 11.2. The topological polar surface area (TPSA) is 98.1 Å². The number of amides is 1. The zero-order valence-corrected chi connectivity index (χ0v) is 16.3. The number of hydrogen-bond donors (Lipinski definition) is 3. The van der Waals surface area contributed by atoms with Gasteiger partial charge in [0.15, 0.2) is 0 Å². The van der Waals surface area contributed by atoms with Gasteiger partial charge in [-0.05, 0) is 37.6 Å². The number of nitrogens with one attached hydrogen (secondary N) is 1. The number of anilines is 1. The van der Waals surface area contributed by atoms with Crippen molar-refractivity contribution in [3.05, 3.63) is 41.2 Å². The lowest BCUT2D eigenvalue weighted by molar-refractivity contribution is -0.114. The van der Waals surface area contributed by atoms with Crippen molar-refractivity contribution in [1.29, 1.82) is 0 Å². The number of carbonyl (C=O) groups excluding carboxylic acids is 1. The smallest absolute Gasteiger partial charge is 0.222 e. The second-order valence-electron chi connectivity index (χ2n) is 5.77. The second-order valence-corrected chi connectivity index (χ2v) is 7.91. The van der Waals surface area contributed by atoms with E-state index in [4.69, 9.17) is 0 Å². The molecule has 138 valence electrons. The van der Waals surface area contributed by atoms with Gasteiger partial charge in [-0.25, -0.2) is 4.98 Å². The van der Waals surface area contributed by atoms with Crippen molar-refractivity contribution >= 4 is 34.3 Å². The van der Waals surface area contributed by atoms with Crippen LogP contribution in [0, 0.1) is 0 Å². The number of nitrogens with zero attached hydrogens (tertiary/aromatic N) is 3. The maximum Gasteiger partial charge on any atom is 0.222 e. The summed E-state index contributed by atoms with van der Waals surface area (Å²) in [7, 11) is 0.388. The molecule has 8 heteroatoms. The van der Waals surface area contributed by atoms with Crippen LogP contribution in [-0.2, 0) is 4.79 Å². The second kappa shape index (κ2) is 8.80. The third-order valence-electron chi connectivity index (χ3n) is 3.33. The Kier molecular flexibility index (Phi) is 7.35. The van der Waals surface area contributed by atoms with Gasteiger partial charge in [-0.1, -0.05) is 5.57 Å². The van der Waals surface area contributed by atoms with Crippen LogP contribution in [0.5, 0.6) is 0 Å². The van der Waals surface area contributed by atoms with E-state index < -0.39 is 10.8 Å². The van der Waals surface area contributed by atoms with Crippen LogP contribution in [0.2, 0.25) is 0 Å². The van der Waals surface area contributed by atoms with Crippen LogP contribution in [-0.4, -0.2) is 50.9 Å². The molecular formula is C17H26N4O3S. The molecule has 0 saturated heterocycles. The first-order valence-electron chi connectivity index (χ1n) is 7.58. The van der Waals surface area contributed by atoms with Crippen LogP contribution in [0.3, 0.4) is 0 Å².